The number of rotatable bonds is 12. The van der Waals surface area contributed by atoms with Crippen molar-refractivity contribution in [2.24, 2.45) is 0 Å². The van der Waals surface area contributed by atoms with Crippen LogP contribution >= 0.6 is 0 Å². The molecular formula is C21H38O7. The summed E-state index contributed by atoms with van der Waals surface area (Å²) in [5, 5.41) is 10.6. The number of esters is 1. The highest BCUT2D eigenvalue weighted by molar-refractivity contribution is 5.70. The third-order valence-electron chi connectivity index (χ3n) is 5.26. The molecule has 2 aliphatic heterocycles. The van der Waals surface area contributed by atoms with E-state index in [1.165, 1.54) is 7.11 Å². The topological polar surface area (TPSA) is 83.5 Å². The average Bonchev–Trinajstić information content (AvgIpc) is 2.68. The van der Waals surface area contributed by atoms with Crippen molar-refractivity contribution in [1.82, 2.24) is 0 Å². The summed E-state index contributed by atoms with van der Waals surface area (Å²) in [6.45, 7) is 3.82. The molecule has 0 spiro atoms. The van der Waals surface area contributed by atoms with E-state index in [4.69, 9.17) is 23.7 Å². The number of hydrogen-bond acceptors (Lipinski definition) is 7. The van der Waals surface area contributed by atoms with Crippen molar-refractivity contribution in [2.45, 2.75) is 102 Å². The van der Waals surface area contributed by atoms with Crippen molar-refractivity contribution in [3.05, 3.63) is 0 Å². The number of methoxy groups -OCH3 is 1. The predicted molar refractivity (Wildman–Crippen MR) is 104 cm³/mol. The first kappa shape index (κ1) is 23.5. The Morgan fingerprint density at radius 2 is 1.79 bits per heavy atom. The molecule has 7 nitrogen and oxygen atoms in total. The van der Waals surface area contributed by atoms with E-state index in [9.17, 15) is 9.90 Å². The van der Waals surface area contributed by atoms with Crippen molar-refractivity contribution in [3.8, 4) is 0 Å². The Kier molecular flexibility index (Phi) is 10.7. The fraction of sp³-hybridized carbons (Fsp3) is 0.952. The highest BCUT2D eigenvalue weighted by Gasteiger charge is 2.31. The Balaban J connectivity index is 1.75. The van der Waals surface area contributed by atoms with Crippen LogP contribution in [0.2, 0.25) is 0 Å². The summed E-state index contributed by atoms with van der Waals surface area (Å²) in [6.07, 6.45) is 8.76. The zero-order valence-electron chi connectivity index (χ0n) is 17.5. The molecule has 0 saturated carbocycles. The lowest BCUT2D eigenvalue weighted by Gasteiger charge is -2.32. The first-order chi connectivity index (χ1) is 13.5. The Bertz CT molecular complexity index is 428. The summed E-state index contributed by atoms with van der Waals surface area (Å²) in [5.74, 6) is -0.418. The van der Waals surface area contributed by atoms with E-state index < -0.39 is 11.6 Å². The van der Waals surface area contributed by atoms with E-state index in [2.05, 4.69) is 0 Å². The first-order valence-corrected chi connectivity index (χ1v) is 10.8. The molecule has 0 bridgehead atoms. The van der Waals surface area contributed by atoms with Gasteiger partial charge >= 0.3 is 5.97 Å². The molecule has 4 unspecified atom stereocenters. The fourth-order valence-electron chi connectivity index (χ4n) is 3.73. The van der Waals surface area contributed by atoms with Crippen LogP contribution in [0.25, 0.3) is 0 Å². The molecule has 2 saturated heterocycles. The van der Waals surface area contributed by atoms with E-state index in [1.54, 1.807) is 6.92 Å². The van der Waals surface area contributed by atoms with Gasteiger partial charge in [0.1, 0.15) is 0 Å². The first-order valence-electron chi connectivity index (χ1n) is 10.8. The van der Waals surface area contributed by atoms with E-state index in [0.29, 0.717) is 19.6 Å². The van der Waals surface area contributed by atoms with Crippen LogP contribution in [0.4, 0.5) is 0 Å². The van der Waals surface area contributed by atoms with Crippen molar-refractivity contribution in [2.75, 3.05) is 26.9 Å². The molecular weight excluding hydrogens is 364 g/mol. The van der Waals surface area contributed by atoms with Gasteiger partial charge in [0.2, 0.25) is 0 Å². The van der Waals surface area contributed by atoms with Gasteiger partial charge < -0.3 is 28.8 Å². The summed E-state index contributed by atoms with van der Waals surface area (Å²) in [6, 6.07) is 0. The number of unbranched alkanes of at least 4 members (excludes halogenated alkanes) is 1. The van der Waals surface area contributed by atoms with Gasteiger partial charge in [0.15, 0.2) is 12.6 Å². The van der Waals surface area contributed by atoms with Crippen molar-refractivity contribution in [3.63, 3.8) is 0 Å². The fourth-order valence-corrected chi connectivity index (χ4v) is 3.73. The van der Waals surface area contributed by atoms with Crippen LogP contribution in [0, 0.1) is 0 Å². The maximum Gasteiger partial charge on any atom is 0.308 e. The third kappa shape index (κ3) is 9.65. The minimum Gasteiger partial charge on any atom is -0.469 e. The van der Waals surface area contributed by atoms with Gasteiger partial charge in [-0.3, -0.25) is 4.79 Å². The van der Waals surface area contributed by atoms with Crippen LogP contribution in [0.1, 0.15) is 77.6 Å². The number of carbonyl (C=O) groups excluding carboxylic acids is 1. The normalized spacial score (nSPS) is 26.4. The molecule has 2 aliphatic rings. The molecule has 4 atom stereocenters. The largest absolute Gasteiger partial charge is 0.469 e. The summed E-state index contributed by atoms with van der Waals surface area (Å²) in [7, 11) is 1.33. The molecule has 2 heterocycles. The van der Waals surface area contributed by atoms with Crippen molar-refractivity contribution in [1.29, 1.82) is 0 Å². The quantitative estimate of drug-likeness (QED) is 0.396. The lowest BCUT2D eigenvalue weighted by atomic mass is 9.92. The maximum atomic E-state index is 11.6. The van der Waals surface area contributed by atoms with Crippen LogP contribution in [-0.4, -0.2) is 62.3 Å². The molecule has 0 amide bonds. The smallest absolute Gasteiger partial charge is 0.308 e. The van der Waals surface area contributed by atoms with E-state index in [0.717, 1.165) is 64.4 Å². The molecule has 0 aromatic heterocycles. The Morgan fingerprint density at radius 3 is 2.39 bits per heavy atom. The van der Waals surface area contributed by atoms with Crippen LogP contribution in [0.15, 0.2) is 0 Å². The standard InChI is InChI=1S/C21H38O7/c1-21(23,16-18(22)24-2)15-17(28-20-11-5-8-14-27-20)9-3-6-12-25-19-10-4-7-13-26-19/h17,19-20,23H,3-16H2,1-2H3. The van der Waals surface area contributed by atoms with Gasteiger partial charge in [0.25, 0.3) is 0 Å². The Labute approximate surface area is 169 Å². The maximum absolute atomic E-state index is 11.6. The number of carbonyl (C=O) groups is 1. The van der Waals surface area contributed by atoms with Crippen molar-refractivity contribution < 1.29 is 33.6 Å². The van der Waals surface area contributed by atoms with Gasteiger partial charge in [-0.25, -0.2) is 0 Å². The number of aliphatic hydroxyl groups is 1. The molecule has 1 N–H and O–H groups in total. The van der Waals surface area contributed by atoms with Gasteiger partial charge in [0.05, 0.1) is 25.2 Å². The average molecular weight is 403 g/mol. The molecule has 28 heavy (non-hydrogen) atoms. The van der Waals surface area contributed by atoms with Crippen LogP contribution in [0.3, 0.4) is 0 Å². The predicted octanol–water partition coefficient (Wildman–Crippen LogP) is 3.32. The lowest BCUT2D eigenvalue weighted by Crippen LogP contribution is -2.37. The molecule has 0 aromatic rings. The zero-order valence-corrected chi connectivity index (χ0v) is 17.5. The Morgan fingerprint density at radius 1 is 1.11 bits per heavy atom. The highest BCUT2D eigenvalue weighted by Crippen LogP contribution is 2.26. The molecule has 2 fully saturated rings. The third-order valence-corrected chi connectivity index (χ3v) is 5.26. The van der Waals surface area contributed by atoms with E-state index in [1.807, 2.05) is 0 Å². The summed E-state index contributed by atoms with van der Waals surface area (Å²) in [5.41, 5.74) is -1.17. The van der Waals surface area contributed by atoms with E-state index in [-0.39, 0.29) is 25.1 Å². The molecule has 0 aliphatic carbocycles. The van der Waals surface area contributed by atoms with E-state index >= 15 is 0 Å². The van der Waals surface area contributed by atoms with Gasteiger partial charge in [-0.2, -0.15) is 0 Å². The highest BCUT2D eigenvalue weighted by atomic mass is 16.7. The summed E-state index contributed by atoms with van der Waals surface area (Å²) >= 11 is 0. The molecule has 2 rings (SSSR count). The van der Waals surface area contributed by atoms with Gasteiger partial charge in [-0.15, -0.1) is 0 Å². The minimum atomic E-state index is -1.17. The molecule has 0 aromatic carbocycles. The number of ether oxygens (including phenoxy) is 5. The minimum absolute atomic E-state index is 0.0446. The summed E-state index contributed by atoms with van der Waals surface area (Å²) < 4.78 is 27.9. The van der Waals surface area contributed by atoms with Crippen LogP contribution in [-0.2, 0) is 28.5 Å². The number of hydrogen-bond donors (Lipinski definition) is 1. The lowest BCUT2D eigenvalue weighted by molar-refractivity contribution is -0.199. The second kappa shape index (κ2) is 12.8. The Hall–Kier alpha value is -0.730. The van der Waals surface area contributed by atoms with Crippen LogP contribution in [0.5, 0.6) is 0 Å². The zero-order chi connectivity index (χ0) is 20.2. The monoisotopic (exact) mass is 402 g/mol. The van der Waals surface area contributed by atoms with Gasteiger partial charge in [-0.05, 0) is 64.7 Å². The molecule has 164 valence electrons. The van der Waals surface area contributed by atoms with Gasteiger partial charge in [-0.1, -0.05) is 0 Å². The second-order valence-electron chi connectivity index (χ2n) is 8.17. The van der Waals surface area contributed by atoms with Gasteiger partial charge in [0, 0.05) is 26.2 Å². The van der Waals surface area contributed by atoms with Crippen molar-refractivity contribution >= 4 is 5.97 Å². The summed E-state index contributed by atoms with van der Waals surface area (Å²) in [4.78, 5) is 11.6. The SMILES string of the molecule is COC(=O)CC(C)(O)CC(CCCCOC1CCCCO1)OC1CCCCO1. The molecule has 0 radical (unpaired) electrons. The molecule has 7 heteroatoms. The van der Waals surface area contributed by atoms with Crippen LogP contribution < -0.4 is 0 Å². The second-order valence-corrected chi connectivity index (χ2v) is 8.17.